The highest BCUT2D eigenvalue weighted by molar-refractivity contribution is 7.14. The Labute approximate surface area is 164 Å². The van der Waals surface area contributed by atoms with Crippen molar-refractivity contribution >= 4 is 38.8 Å². The van der Waals surface area contributed by atoms with E-state index in [0.29, 0.717) is 10.7 Å². The first-order valence-corrected chi connectivity index (χ1v) is 9.45. The fourth-order valence-electron chi connectivity index (χ4n) is 2.99. The number of hydrogen-bond donors (Lipinski definition) is 1. The molecule has 138 valence electrons. The summed E-state index contributed by atoms with van der Waals surface area (Å²) in [6.45, 7) is 0. The van der Waals surface area contributed by atoms with Gasteiger partial charge in [0.2, 0.25) is 5.91 Å². The molecule has 1 N–H and O–H groups in total. The summed E-state index contributed by atoms with van der Waals surface area (Å²) in [6.07, 6.45) is 0.126. The van der Waals surface area contributed by atoms with Crippen LogP contribution in [0.2, 0.25) is 0 Å². The van der Waals surface area contributed by atoms with E-state index in [1.807, 2.05) is 29.6 Å². The SMILES string of the molecule is O=C(Cc1ccc([N+](=O)[O-])cc1)Nc1nc(-c2cccc3ccccc23)cs1. The van der Waals surface area contributed by atoms with Crippen LogP contribution in [-0.2, 0) is 11.2 Å². The predicted molar refractivity (Wildman–Crippen MR) is 110 cm³/mol. The molecule has 4 rings (SSSR count). The Hall–Kier alpha value is -3.58. The quantitative estimate of drug-likeness (QED) is 0.382. The second-order valence-corrected chi connectivity index (χ2v) is 7.07. The third-order valence-corrected chi connectivity index (χ3v) is 5.09. The summed E-state index contributed by atoms with van der Waals surface area (Å²) in [6, 6.07) is 20.1. The Kier molecular flexibility index (Phi) is 4.82. The second-order valence-electron chi connectivity index (χ2n) is 6.21. The molecule has 0 unspecified atom stereocenters. The van der Waals surface area contributed by atoms with E-state index < -0.39 is 4.92 Å². The fourth-order valence-corrected chi connectivity index (χ4v) is 3.71. The van der Waals surface area contributed by atoms with Gasteiger partial charge in [-0.3, -0.25) is 14.9 Å². The van der Waals surface area contributed by atoms with E-state index in [1.165, 1.54) is 23.5 Å². The van der Waals surface area contributed by atoms with Gasteiger partial charge >= 0.3 is 0 Å². The molecule has 0 spiro atoms. The minimum Gasteiger partial charge on any atom is -0.302 e. The first-order valence-electron chi connectivity index (χ1n) is 8.57. The zero-order valence-corrected chi connectivity index (χ0v) is 15.5. The molecule has 0 saturated heterocycles. The van der Waals surface area contributed by atoms with Gasteiger partial charge in [0.05, 0.1) is 17.0 Å². The number of aromatic nitrogens is 1. The van der Waals surface area contributed by atoms with Crippen LogP contribution in [0.4, 0.5) is 10.8 Å². The number of nitro benzene ring substituents is 1. The molecule has 0 aliphatic carbocycles. The van der Waals surface area contributed by atoms with Gasteiger partial charge < -0.3 is 5.32 Å². The molecule has 4 aromatic rings. The molecule has 0 aliphatic heterocycles. The molecule has 0 atom stereocenters. The molecule has 0 radical (unpaired) electrons. The predicted octanol–water partition coefficient (Wildman–Crippen LogP) is 5.05. The van der Waals surface area contributed by atoms with Crippen LogP contribution in [0.15, 0.2) is 72.1 Å². The van der Waals surface area contributed by atoms with Crippen molar-refractivity contribution in [2.75, 3.05) is 5.32 Å². The number of nitrogens with one attached hydrogen (secondary N) is 1. The Morgan fingerprint density at radius 1 is 1.04 bits per heavy atom. The number of rotatable bonds is 5. The van der Waals surface area contributed by atoms with Crippen molar-refractivity contribution in [1.82, 2.24) is 4.98 Å². The first-order chi connectivity index (χ1) is 13.6. The number of carbonyl (C=O) groups excluding carboxylic acids is 1. The number of anilines is 1. The van der Waals surface area contributed by atoms with Crippen molar-refractivity contribution in [1.29, 1.82) is 0 Å². The Morgan fingerprint density at radius 3 is 2.57 bits per heavy atom. The number of fused-ring (bicyclic) bond motifs is 1. The van der Waals surface area contributed by atoms with Crippen LogP contribution in [0.5, 0.6) is 0 Å². The molecule has 6 nitrogen and oxygen atoms in total. The number of nitro groups is 1. The average molecular weight is 389 g/mol. The van der Waals surface area contributed by atoms with Crippen molar-refractivity contribution < 1.29 is 9.72 Å². The molecular formula is C21H15N3O3S. The molecule has 0 saturated carbocycles. The van der Waals surface area contributed by atoms with Crippen molar-refractivity contribution in [3.8, 4) is 11.3 Å². The summed E-state index contributed by atoms with van der Waals surface area (Å²) in [5.41, 5.74) is 2.54. The molecular weight excluding hydrogens is 374 g/mol. The monoisotopic (exact) mass is 389 g/mol. The lowest BCUT2D eigenvalue weighted by atomic mass is 10.0. The van der Waals surface area contributed by atoms with Gasteiger partial charge in [-0.1, -0.05) is 54.6 Å². The number of carbonyl (C=O) groups is 1. The summed E-state index contributed by atoms with van der Waals surface area (Å²) in [5, 5.41) is 18.2. The van der Waals surface area contributed by atoms with E-state index in [2.05, 4.69) is 28.5 Å². The van der Waals surface area contributed by atoms with Crippen LogP contribution in [0.3, 0.4) is 0 Å². The number of non-ortho nitro benzene ring substituents is 1. The molecule has 1 amide bonds. The minimum atomic E-state index is -0.464. The number of amides is 1. The lowest BCUT2D eigenvalue weighted by Crippen LogP contribution is -2.14. The highest BCUT2D eigenvalue weighted by atomic mass is 32.1. The lowest BCUT2D eigenvalue weighted by Gasteiger charge is -2.04. The van der Waals surface area contributed by atoms with E-state index in [4.69, 9.17) is 0 Å². The van der Waals surface area contributed by atoms with Crippen molar-refractivity contribution in [2.24, 2.45) is 0 Å². The third-order valence-electron chi connectivity index (χ3n) is 4.33. The number of benzene rings is 3. The normalized spacial score (nSPS) is 10.7. The van der Waals surface area contributed by atoms with Crippen LogP contribution in [0.1, 0.15) is 5.56 Å². The largest absolute Gasteiger partial charge is 0.302 e. The zero-order chi connectivity index (χ0) is 19.5. The standard InChI is InChI=1S/C21H15N3O3S/c25-20(12-14-8-10-16(11-9-14)24(26)27)23-21-22-19(13-28-21)18-7-3-5-15-4-1-2-6-17(15)18/h1-11,13H,12H2,(H,22,23,25). The highest BCUT2D eigenvalue weighted by Crippen LogP contribution is 2.31. The van der Waals surface area contributed by atoms with Crippen LogP contribution in [0, 0.1) is 10.1 Å². The van der Waals surface area contributed by atoms with Crippen LogP contribution >= 0.6 is 11.3 Å². The Balaban J connectivity index is 1.48. The average Bonchev–Trinajstić information content (AvgIpc) is 3.16. The molecule has 0 bridgehead atoms. The summed E-state index contributed by atoms with van der Waals surface area (Å²) < 4.78 is 0. The summed E-state index contributed by atoms with van der Waals surface area (Å²) in [5.74, 6) is -0.215. The maximum atomic E-state index is 12.3. The molecule has 7 heteroatoms. The fraction of sp³-hybridized carbons (Fsp3) is 0.0476. The number of hydrogen-bond acceptors (Lipinski definition) is 5. The van der Waals surface area contributed by atoms with Crippen LogP contribution in [0.25, 0.3) is 22.0 Å². The van der Waals surface area contributed by atoms with Crippen LogP contribution in [-0.4, -0.2) is 15.8 Å². The van der Waals surface area contributed by atoms with Crippen molar-refractivity contribution in [3.63, 3.8) is 0 Å². The van der Waals surface area contributed by atoms with E-state index >= 15 is 0 Å². The summed E-state index contributed by atoms with van der Waals surface area (Å²) in [4.78, 5) is 27.1. The molecule has 28 heavy (non-hydrogen) atoms. The Bertz CT molecular complexity index is 1160. The van der Waals surface area contributed by atoms with Gasteiger partial charge in [-0.15, -0.1) is 11.3 Å². The van der Waals surface area contributed by atoms with Crippen LogP contribution < -0.4 is 5.32 Å². The highest BCUT2D eigenvalue weighted by Gasteiger charge is 2.11. The van der Waals surface area contributed by atoms with Gasteiger partial charge in [0.25, 0.3) is 5.69 Å². The molecule has 1 heterocycles. The lowest BCUT2D eigenvalue weighted by molar-refractivity contribution is -0.384. The van der Waals surface area contributed by atoms with Gasteiger partial charge in [-0.05, 0) is 16.3 Å². The maximum absolute atomic E-state index is 12.3. The first kappa shape index (κ1) is 17.8. The van der Waals surface area contributed by atoms with Gasteiger partial charge in [0.1, 0.15) is 0 Å². The van der Waals surface area contributed by atoms with Gasteiger partial charge in [0, 0.05) is 23.1 Å². The smallest absolute Gasteiger partial charge is 0.269 e. The summed E-state index contributed by atoms with van der Waals surface area (Å²) in [7, 11) is 0. The van der Waals surface area contributed by atoms with Crippen molar-refractivity contribution in [3.05, 3.63) is 87.8 Å². The summed E-state index contributed by atoms with van der Waals surface area (Å²) >= 11 is 1.37. The second kappa shape index (κ2) is 7.58. The van der Waals surface area contributed by atoms with E-state index in [9.17, 15) is 14.9 Å². The number of nitrogens with zero attached hydrogens (tertiary/aromatic N) is 2. The van der Waals surface area contributed by atoms with Crippen molar-refractivity contribution in [2.45, 2.75) is 6.42 Å². The molecule has 1 aromatic heterocycles. The van der Waals surface area contributed by atoms with Gasteiger partial charge in [-0.2, -0.15) is 0 Å². The van der Waals surface area contributed by atoms with E-state index in [1.54, 1.807) is 12.1 Å². The van der Waals surface area contributed by atoms with Gasteiger partial charge in [0.15, 0.2) is 5.13 Å². The molecule has 0 fully saturated rings. The zero-order valence-electron chi connectivity index (χ0n) is 14.7. The maximum Gasteiger partial charge on any atom is 0.269 e. The minimum absolute atomic E-state index is 0.00353. The molecule has 3 aromatic carbocycles. The third kappa shape index (κ3) is 3.74. The Morgan fingerprint density at radius 2 is 1.79 bits per heavy atom. The topological polar surface area (TPSA) is 85.1 Å². The van der Waals surface area contributed by atoms with E-state index in [-0.39, 0.29) is 18.0 Å². The number of thiazole rings is 1. The van der Waals surface area contributed by atoms with E-state index in [0.717, 1.165) is 22.0 Å². The molecule has 0 aliphatic rings. The van der Waals surface area contributed by atoms with Gasteiger partial charge in [-0.25, -0.2) is 4.98 Å².